The van der Waals surface area contributed by atoms with Crippen LogP contribution in [0, 0.1) is 0 Å². The lowest BCUT2D eigenvalue weighted by Gasteiger charge is -2.33. The van der Waals surface area contributed by atoms with Crippen molar-refractivity contribution in [3.63, 3.8) is 0 Å². The van der Waals surface area contributed by atoms with E-state index in [0.717, 1.165) is 4.31 Å². The summed E-state index contributed by atoms with van der Waals surface area (Å²) >= 11 is 12.3. The number of anilines is 1. The standard InChI is InChI=1S/C30H35Cl2N3O5S/c1-5-21(3)33-30(37)28(6-2)34(19-22-12-17-26(31)27(32)18-22)29(36)20-35(23-13-15-24(40-4)16-14-23)41(38,39)25-10-8-7-9-11-25/h7-18,21,28H,5-6,19-20H2,1-4H3,(H,33,37). The molecule has 0 saturated heterocycles. The molecule has 0 radical (unpaired) electrons. The van der Waals surface area contributed by atoms with Gasteiger partial charge in [0.1, 0.15) is 18.3 Å². The highest BCUT2D eigenvalue weighted by atomic mass is 35.5. The Kier molecular flexibility index (Phi) is 11.5. The van der Waals surface area contributed by atoms with Gasteiger partial charge in [-0.05, 0) is 73.9 Å². The molecule has 0 aliphatic carbocycles. The van der Waals surface area contributed by atoms with E-state index in [0.29, 0.717) is 34.2 Å². The Morgan fingerprint density at radius 3 is 2.15 bits per heavy atom. The number of amides is 2. The Labute approximate surface area is 252 Å². The molecule has 0 aliphatic heterocycles. The number of carbonyl (C=O) groups excluding carboxylic acids is 2. The highest BCUT2D eigenvalue weighted by molar-refractivity contribution is 7.92. The zero-order valence-electron chi connectivity index (χ0n) is 23.5. The highest BCUT2D eigenvalue weighted by Crippen LogP contribution is 2.28. The van der Waals surface area contributed by atoms with Crippen molar-refractivity contribution < 1.29 is 22.7 Å². The van der Waals surface area contributed by atoms with Gasteiger partial charge in [0.25, 0.3) is 10.0 Å². The van der Waals surface area contributed by atoms with Gasteiger partial charge >= 0.3 is 0 Å². The highest BCUT2D eigenvalue weighted by Gasteiger charge is 2.34. The Bertz CT molecular complexity index is 1440. The fraction of sp³-hybridized carbons (Fsp3) is 0.333. The van der Waals surface area contributed by atoms with Gasteiger partial charge in [-0.15, -0.1) is 0 Å². The van der Waals surface area contributed by atoms with E-state index in [1.54, 1.807) is 67.6 Å². The van der Waals surface area contributed by atoms with E-state index >= 15 is 0 Å². The molecule has 0 saturated carbocycles. The lowest BCUT2D eigenvalue weighted by Crippen LogP contribution is -2.53. The first-order valence-corrected chi connectivity index (χ1v) is 15.5. The molecule has 2 atom stereocenters. The zero-order chi connectivity index (χ0) is 30.2. The van der Waals surface area contributed by atoms with Crippen LogP contribution in [0.4, 0.5) is 5.69 Å². The minimum Gasteiger partial charge on any atom is -0.497 e. The second-order valence-electron chi connectivity index (χ2n) is 9.53. The third kappa shape index (κ3) is 8.15. The van der Waals surface area contributed by atoms with Crippen molar-refractivity contribution in [2.45, 2.75) is 57.1 Å². The van der Waals surface area contributed by atoms with Gasteiger partial charge in [-0.3, -0.25) is 13.9 Å². The van der Waals surface area contributed by atoms with E-state index in [1.165, 1.54) is 24.1 Å². The number of hydrogen-bond donors (Lipinski definition) is 1. The number of nitrogens with one attached hydrogen (secondary N) is 1. The molecule has 0 fully saturated rings. The van der Waals surface area contributed by atoms with E-state index < -0.39 is 28.5 Å². The molecule has 8 nitrogen and oxygen atoms in total. The van der Waals surface area contributed by atoms with Crippen molar-refractivity contribution >= 4 is 50.7 Å². The summed E-state index contributed by atoms with van der Waals surface area (Å²) in [6.07, 6.45) is 1.02. The van der Waals surface area contributed by atoms with E-state index in [1.807, 2.05) is 13.8 Å². The fourth-order valence-electron chi connectivity index (χ4n) is 4.19. The number of hydrogen-bond acceptors (Lipinski definition) is 5. The van der Waals surface area contributed by atoms with Gasteiger partial charge in [0.2, 0.25) is 11.8 Å². The van der Waals surface area contributed by atoms with E-state index in [9.17, 15) is 18.0 Å². The van der Waals surface area contributed by atoms with Crippen molar-refractivity contribution in [3.8, 4) is 5.75 Å². The van der Waals surface area contributed by atoms with Gasteiger partial charge in [0.05, 0.1) is 27.7 Å². The van der Waals surface area contributed by atoms with Gasteiger partial charge < -0.3 is 15.0 Å². The molecule has 2 unspecified atom stereocenters. The molecule has 0 heterocycles. The van der Waals surface area contributed by atoms with Crippen molar-refractivity contribution in [2.75, 3.05) is 18.0 Å². The predicted molar refractivity (Wildman–Crippen MR) is 163 cm³/mol. The summed E-state index contributed by atoms with van der Waals surface area (Å²) in [6, 6.07) is 18.3. The Balaban J connectivity index is 2.06. The average molecular weight is 621 g/mol. The number of rotatable bonds is 13. The molecule has 41 heavy (non-hydrogen) atoms. The number of nitrogens with zero attached hydrogens (tertiary/aromatic N) is 2. The van der Waals surface area contributed by atoms with Crippen LogP contribution in [0.5, 0.6) is 5.75 Å². The maximum Gasteiger partial charge on any atom is 0.264 e. The Morgan fingerprint density at radius 2 is 1.59 bits per heavy atom. The lowest BCUT2D eigenvalue weighted by molar-refractivity contribution is -0.140. The minimum atomic E-state index is -4.16. The Hall–Kier alpha value is -3.27. The first kappa shape index (κ1) is 32.2. The molecular formula is C30H35Cl2N3O5S. The summed E-state index contributed by atoms with van der Waals surface area (Å²) in [7, 11) is -2.65. The maximum absolute atomic E-state index is 14.1. The van der Waals surface area contributed by atoms with Crippen LogP contribution in [0.1, 0.15) is 39.2 Å². The summed E-state index contributed by atoms with van der Waals surface area (Å²) in [5.41, 5.74) is 0.916. The SMILES string of the molecule is CCC(C)NC(=O)C(CC)N(Cc1ccc(Cl)c(Cl)c1)C(=O)CN(c1ccc(OC)cc1)S(=O)(=O)c1ccccc1. The second-order valence-corrected chi connectivity index (χ2v) is 12.2. The van der Waals surface area contributed by atoms with E-state index in [-0.39, 0.29) is 29.1 Å². The predicted octanol–water partition coefficient (Wildman–Crippen LogP) is 5.92. The first-order valence-electron chi connectivity index (χ1n) is 13.3. The third-order valence-electron chi connectivity index (χ3n) is 6.69. The number of benzene rings is 3. The molecule has 3 aromatic rings. The van der Waals surface area contributed by atoms with Gasteiger partial charge in [-0.25, -0.2) is 8.42 Å². The molecule has 0 aliphatic rings. The number of methoxy groups -OCH3 is 1. The lowest BCUT2D eigenvalue weighted by atomic mass is 10.1. The summed E-state index contributed by atoms with van der Waals surface area (Å²) in [6.45, 7) is 5.11. The zero-order valence-corrected chi connectivity index (χ0v) is 25.8. The molecule has 3 rings (SSSR count). The van der Waals surface area contributed by atoms with Crippen molar-refractivity contribution in [3.05, 3.63) is 88.4 Å². The number of sulfonamides is 1. The number of halogens is 2. The van der Waals surface area contributed by atoms with Crippen molar-refractivity contribution in [1.82, 2.24) is 10.2 Å². The Morgan fingerprint density at radius 1 is 0.927 bits per heavy atom. The number of ether oxygens (including phenoxy) is 1. The van der Waals surface area contributed by atoms with Crippen LogP contribution in [0.2, 0.25) is 10.0 Å². The van der Waals surface area contributed by atoms with Crippen LogP contribution in [-0.2, 0) is 26.2 Å². The van der Waals surface area contributed by atoms with Crippen LogP contribution < -0.4 is 14.4 Å². The molecule has 1 N–H and O–H groups in total. The first-order chi connectivity index (χ1) is 19.5. The molecule has 11 heteroatoms. The average Bonchev–Trinajstić information content (AvgIpc) is 2.97. The number of carbonyl (C=O) groups is 2. The van der Waals surface area contributed by atoms with Gasteiger partial charge in [-0.2, -0.15) is 0 Å². The van der Waals surface area contributed by atoms with Gasteiger partial charge in [0.15, 0.2) is 0 Å². The van der Waals surface area contributed by atoms with Crippen LogP contribution in [0.3, 0.4) is 0 Å². The van der Waals surface area contributed by atoms with Crippen LogP contribution in [0.25, 0.3) is 0 Å². The van der Waals surface area contributed by atoms with Gasteiger partial charge in [0, 0.05) is 12.6 Å². The summed E-state index contributed by atoms with van der Waals surface area (Å²) < 4.78 is 34.0. The van der Waals surface area contributed by atoms with E-state index in [4.69, 9.17) is 27.9 Å². The van der Waals surface area contributed by atoms with Crippen molar-refractivity contribution in [2.24, 2.45) is 0 Å². The minimum absolute atomic E-state index is 0.0178. The normalized spacial score (nSPS) is 12.7. The monoisotopic (exact) mass is 619 g/mol. The largest absolute Gasteiger partial charge is 0.497 e. The third-order valence-corrected chi connectivity index (χ3v) is 9.22. The molecule has 2 amide bonds. The summed E-state index contributed by atoms with van der Waals surface area (Å²) in [5, 5.41) is 3.61. The smallest absolute Gasteiger partial charge is 0.264 e. The summed E-state index contributed by atoms with van der Waals surface area (Å²) in [4.78, 5) is 28.9. The molecule has 220 valence electrons. The van der Waals surface area contributed by atoms with Crippen LogP contribution in [-0.4, -0.2) is 50.9 Å². The molecule has 0 bridgehead atoms. The molecule has 0 aromatic heterocycles. The summed E-state index contributed by atoms with van der Waals surface area (Å²) in [5.74, 6) is -0.346. The second kappa shape index (κ2) is 14.6. The van der Waals surface area contributed by atoms with E-state index in [2.05, 4.69) is 5.32 Å². The van der Waals surface area contributed by atoms with Crippen LogP contribution >= 0.6 is 23.2 Å². The quantitative estimate of drug-likeness (QED) is 0.256. The van der Waals surface area contributed by atoms with Crippen LogP contribution in [0.15, 0.2) is 77.7 Å². The van der Waals surface area contributed by atoms with Crippen molar-refractivity contribution in [1.29, 1.82) is 0 Å². The van der Waals surface area contributed by atoms with Gasteiger partial charge in [-0.1, -0.05) is 61.3 Å². The maximum atomic E-state index is 14.1. The fourth-order valence-corrected chi connectivity index (χ4v) is 5.95. The molecule has 3 aromatic carbocycles. The molecular weight excluding hydrogens is 585 g/mol. The molecule has 0 spiro atoms. The topological polar surface area (TPSA) is 96.0 Å².